The number of aromatic nitrogens is 2. The van der Waals surface area contributed by atoms with Crippen LogP contribution >= 0.6 is 0 Å². The molecule has 0 aliphatic heterocycles. The van der Waals surface area contributed by atoms with Crippen LogP contribution in [-0.4, -0.2) is 28.6 Å². The van der Waals surface area contributed by atoms with Crippen molar-refractivity contribution in [2.45, 2.75) is 56.0 Å². The molecule has 0 fully saturated rings. The average molecular weight is 1140 g/mol. The molecule has 0 bridgehead atoms. The average Bonchev–Trinajstić information content (AvgIpc) is 3.29. The molecule has 0 aliphatic carbocycles. The molecule has 5 aromatic carbocycles. The molecule has 1 heterocycles. The molecule has 0 aliphatic rings. The van der Waals surface area contributed by atoms with Crippen molar-refractivity contribution in [2.24, 2.45) is 0 Å². The van der Waals surface area contributed by atoms with Crippen molar-refractivity contribution in [2.75, 3.05) is 6.73 Å². The predicted octanol–water partition coefficient (Wildman–Crippen LogP) is 12.1. The first kappa shape index (κ1) is 60.3. The van der Waals surface area contributed by atoms with Crippen LogP contribution in [0.5, 0.6) is 5.88 Å². The minimum Gasteiger partial charge on any atom is -0.377 e. The van der Waals surface area contributed by atoms with Crippen molar-refractivity contribution in [3.05, 3.63) is 182 Å². The Labute approximate surface area is 413 Å². The Balaban J connectivity index is 0.000000455. The van der Waals surface area contributed by atoms with Gasteiger partial charge in [-0.15, -0.1) is 0 Å². The Morgan fingerprint density at radius 1 is 0.468 bits per heavy atom. The summed E-state index contributed by atoms with van der Waals surface area (Å²) in [5, 5.41) is 10.3. The minimum atomic E-state index is -6.13. The highest BCUT2D eigenvalue weighted by Crippen LogP contribution is 2.41. The molecule has 0 amide bonds. The minimum absolute atomic E-state index is 0.0274. The number of Topliss-reactive ketones (excluding diaryl/α,β-unsaturated/α-hetero) is 1. The molecule has 7 nitrogen and oxygen atoms in total. The highest BCUT2D eigenvalue weighted by molar-refractivity contribution is 7.20. The van der Waals surface area contributed by atoms with Crippen LogP contribution in [0.25, 0.3) is 0 Å². The van der Waals surface area contributed by atoms with Crippen molar-refractivity contribution in [1.82, 2.24) is 4.98 Å². The van der Waals surface area contributed by atoms with E-state index in [-0.39, 0.29) is 18.2 Å². The Kier molecular flexibility index (Phi) is 16.5. The monoisotopic (exact) mass is 1140 g/mol. The fourth-order valence-electron chi connectivity index (χ4n) is 7.68. The number of halogens is 24. The zero-order valence-corrected chi connectivity index (χ0v) is 37.1. The van der Waals surface area contributed by atoms with Gasteiger partial charge in [0.2, 0.25) is 12.3 Å². The number of nitrogens with zero attached hydrogens (tertiary/aromatic N) is 3. The number of alkyl halides is 24. The lowest BCUT2D eigenvalue weighted by Gasteiger charge is -2.46. The summed E-state index contributed by atoms with van der Waals surface area (Å²) in [6.45, 7) is -0.648. The van der Waals surface area contributed by atoms with E-state index in [9.17, 15) is 120 Å². The lowest BCUT2D eigenvalue weighted by molar-refractivity contribution is -0.694. The van der Waals surface area contributed by atoms with Gasteiger partial charge in [-0.3, -0.25) is 14.9 Å². The second-order valence-corrected chi connectivity index (χ2v) is 16.2. The van der Waals surface area contributed by atoms with Crippen LogP contribution in [0.4, 0.5) is 105 Å². The van der Waals surface area contributed by atoms with E-state index in [1.807, 2.05) is 6.07 Å². The van der Waals surface area contributed by atoms with Gasteiger partial charge >= 0.3 is 62.0 Å². The van der Waals surface area contributed by atoms with Crippen molar-refractivity contribution in [3.8, 4) is 5.88 Å². The number of hydrogen-bond acceptors (Lipinski definition) is 5. The van der Waals surface area contributed by atoms with Crippen LogP contribution in [0.1, 0.15) is 54.9 Å². The molecule has 1 aromatic heterocycles. The van der Waals surface area contributed by atoms with E-state index in [1.54, 1.807) is 24.3 Å². The summed E-state index contributed by atoms with van der Waals surface area (Å²) in [5.41, 5.74) is -29.6. The van der Waals surface area contributed by atoms with Gasteiger partial charge in [0.25, 0.3) is 0 Å². The summed E-state index contributed by atoms with van der Waals surface area (Å²) >= 11 is 0. The quantitative estimate of drug-likeness (QED) is 0.0259. The number of hydrogen-bond donors (Lipinski definition) is 0. The summed E-state index contributed by atoms with van der Waals surface area (Å²) in [6.07, 6.45) is -50.4. The molecule has 6 aromatic rings. The molecule has 32 heteroatoms. The second-order valence-electron chi connectivity index (χ2n) is 16.2. The van der Waals surface area contributed by atoms with Gasteiger partial charge in [-0.25, -0.2) is 4.98 Å². The van der Waals surface area contributed by atoms with E-state index in [2.05, 4.69) is 4.98 Å². The van der Waals surface area contributed by atoms with Gasteiger partial charge in [0, 0.05) is 5.56 Å². The fourth-order valence-corrected chi connectivity index (χ4v) is 7.68. The third-order valence-corrected chi connectivity index (χ3v) is 11.0. The number of rotatable bonds is 10. The van der Waals surface area contributed by atoms with E-state index >= 15 is 0 Å². The summed E-state index contributed by atoms with van der Waals surface area (Å²) < 4.78 is 347. The van der Waals surface area contributed by atoms with Crippen molar-refractivity contribution in [3.63, 3.8) is 0 Å². The smallest absolute Gasteiger partial charge is 0.377 e. The predicted molar refractivity (Wildman–Crippen MR) is 218 cm³/mol. The number of ketones is 1. The first-order valence-corrected chi connectivity index (χ1v) is 20.4. The van der Waals surface area contributed by atoms with Crippen LogP contribution in [0.3, 0.4) is 0 Å². The van der Waals surface area contributed by atoms with E-state index in [0.717, 1.165) is 0 Å². The zero-order chi connectivity index (χ0) is 58.3. The first-order valence-electron chi connectivity index (χ1n) is 20.4. The molecule has 0 radical (unpaired) electrons. The molecule has 0 saturated carbocycles. The highest BCUT2D eigenvalue weighted by Gasteiger charge is 2.47. The zero-order valence-electron chi connectivity index (χ0n) is 37.1. The third-order valence-electron chi connectivity index (χ3n) is 11.0. The number of nitro groups is 1. The topological polar surface area (TPSA) is 86.2 Å². The largest absolute Gasteiger partial charge is 0.416 e. The standard InChI is InChI=1S/C32H12BF24.C13H12N3O4/c34-25(35,36)13-1-14(26(37,38)39)6-21(5-13)33(22-7-15(27(40,41)42)2-16(8-22)28(43,44)45,23-9-17(29(46,47)48)3-18(10-23)30(49,50)51)24-11-19(31(52,53)54)4-20(12-24)32(55,56)57;17-12(11-4-2-1-3-5-11)9-15-7-6-14-8-13(15)20-10-16(18)19/h1-12H;1-8H,9-10H2/q-1;+1. The Hall–Kier alpha value is -7.57. The summed E-state index contributed by atoms with van der Waals surface area (Å²) in [6, 6.07) is -0.0241. The van der Waals surface area contributed by atoms with Gasteiger partial charge in [0.15, 0.2) is 6.20 Å². The molecular weight excluding hydrogens is 1110 g/mol. The Bertz CT molecular complexity index is 2690. The van der Waals surface area contributed by atoms with E-state index in [0.29, 0.717) is 5.56 Å². The SMILES string of the molecule is FC(F)(F)c1cc([B-](c2cc(C(F)(F)F)cc(C(F)(F)F)c2)(c2cc(C(F)(F)F)cc(C(F)(F)F)c2)c2cc(C(F)(F)F)cc(C(F)(F)F)c2)cc(C(F)(F)F)c1.O=C(C[n+]1ccncc1OC[N+](=O)[O-])c1ccccc1. The number of carbonyl (C=O) groups is 1. The highest BCUT2D eigenvalue weighted by atomic mass is 19.4. The maximum Gasteiger partial charge on any atom is 0.416 e. The van der Waals surface area contributed by atoms with Crippen molar-refractivity contribution >= 4 is 33.8 Å². The molecule has 0 unspecified atom stereocenters. The normalized spacial score (nSPS) is 13.2. The van der Waals surface area contributed by atoms with Gasteiger partial charge in [-0.2, -0.15) is 132 Å². The molecule has 414 valence electrons. The van der Waals surface area contributed by atoms with Gasteiger partial charge in [-0.1, -0.05) is 78.9 Å². The van der Waals surface area contributed by atoms with Crippen LogP contribution in [0.2, 0.25) is 0 Å². The van der Waals surface area contributed by atoms with Crippen molar-refractivity contribution < 1.29 is 124 Å². The van der Waals surface area contributed by atoms with E-state index in [1.165, 1.54) is 23.2 Å². The maximum atomic E-state index is 14.2. The lowest BCUT2D eigenvalue weighted by Crippen LogP contribution is -2.75. The van der Waals surface area contributed by atoms with Crippen LogP contribution < -0.4 is 31.2 Å². The molecular formula is C45H24BF24N3O4. The Morgan fingerprint density at radius 2 is 0.740 bits per heavy atom. The number of benzene rings is 5. The van der Waals surface area contributed by atoms with Crippen molar-refractivity contribution in [1.29, 1.82) is 0 Å². The van der Waals surface area contributed by atoms with E-state index < -0.39 is 206 Å². The van der Waals surface area contributed by atoms with Gasteiger partial charge < -0.3 is 4.74 Å². The molecule has 0 atom stereocenters. The van der Waals surface area contributed by atoms with Gasteiger partial charge in [0.1, 0.15) is 12.3 Å². The first-order chi connectivity index (χ1) is 34.9. The summed E-state index contributed by atoms with van der Waals surface area (Å²) in [4.78, 5) is 25.6. The third kappa shape index (κ3) is 14.5. The van der Waals surface area contributed by atoms with E-state index in [4.69, 9.17) is 4.74 Å². The molecule has 0 saturated heterocycles. The number of carbonyl (C=O) groups excluding carboxylic acids is 1. The lowest BCUT2D eigenvalue weighted by atomic mass is 9.12. The number of ether oxygens (including phenoxy) is 1. The summed E-state index contributed by atoms with van der Waals surface area (Å²) in [5.74, 6) is 0.0567. The maximum absolute atomic E-state index is 14.2. The molecule has 77 heavy (non-hydrogen) atoms. The van der Waals surface area contributed by atoms with Gasteiger partial charge in [0.05, 0.1) is 55.6 Å². The fraction of sp³-hybridized carbons (Fsp3) is 0.222. The van der Waals surface area contributed by atoms with Gasteiger partial charge in [-0.05, 0) is 24.3 Å². The van der Waals surface area contributed by atoms with Crippen LogP contribution in [0.15, 0.2) is 122 Å². The Morgan fingerprint density at radius 3 is 0.987 bits per heavy atom. The van der Waals surface area contributed by atoms with Crippen LogP contribution in [0, 0.1) is 10.1 Å². The van der Waals surface area contributed by atoms with Crippen LogP contribution in [-0.2, 0) is 56.0 Å². The second kappa shape index (κ2) is 21.1. The molecule has 0 N–H and O–H groups in total. The summed E-state index contributed by atoms with van der Waals surface area (Å²) in [7, 11) is 0. The molecule has 0 spiro atoms. The molecule has 6 rings (SSSR count).